The molecule has 0 saturated carbocycles. The van der Waals surface area contributed by atoms with E-state index in [1.54, 1.807) is 28.8 Å². The summed E-state index contributed by atoms with van der Waals surface area (Å²) in [5, 5.41) is 0.616. The topological polar surface area (TPSA) is 73.8 Å². The molecule has 35 heavy (non-hydrogen) atoms. The van der Waals surface area contributed by atoms with Crippen LogP contribution in [0, 0.1) is 0 Å². The van der Waals surface area contributed by atoms with Crippen LogP contribution in [0.25, 0.3) is 10.2 Å². The van der Waals surface area contributed by atoms with E-state index in [1.807, 2.05) is 37.4 Å². The zero-order valence-electron chi connectivity index (χ0n) is 20.2. The number of amides is 1. The smallest absolute Gasteiger partial charge is 0.260 e. The molecule has 0 fully saturated rings. The second-order valence-electron chi connectivity index (χ2n) is 8.01. The van der Waals surface area contributed by atoms with Crippen LogP contribution in [0.3, 0.4) is 0 Å². The predicted octanol–water partition coefficient (Wildman–Crippen LogP) is 4.59. The van der Waals surface area contributed by atoms with Crippen LogP contribution in [0.4, 0.5) is 5.13 Å². The number of anilines is 1. The van der Waals surface area contributed by atoms with Crippen molar-refractivity contribution in [3.63, 3.8) is 0 Å². The molecular weight excluding hydrogens is 501 g/mol. The standard InChI is InChI=1S/C25H30N4O3S3/c1-6-14-28(15-7-2)35(31,32)21-11-8-19(9-12-21)24(30)29(17-16-27(3)4)25-26-22-13-10-20(33-5)18-23(22)34-25/h6-13,18H,1-2,14-17H2,3-5H3. The van der Waals surface area contributed by atoms with Gasteiger partial charge in [0.15, 0.2) is 5.13 Å². The Labute approximate surface area is 215 Å². The maximum atomic E-state index is 13.5. The highest BCUT2D eigenvalue weighted by Gasteiger charge is 2.25. The minimum absolute atomic E-state index is 0.113. The Kier molecular flexibility index (Phi) is 9.26. The molecular formula is C25H30N4O3S3. The molecule has 0 unspecified atom stereocenters. The number of fused-ring (bicyclic) bond motifs is 1. The van der Waals surface area contributed by atoms with Crippen molar-refractivity contribution in [3.05, 3.63) is 73.3 Å². The first-order valence-corrected chi connectivity index (χ1v) is 14.4. The van der Waals surface area contributed by atoms with E-state index in [0.717, 1.165) is 15.1 Å². The summed E-state index contributed by atoms with van der Waals surface area (Å²) in [5.41, 5.74) is 1.24. The maximum Gasteiger partial charge on any atom is 0.260 e. The summed E-state index contributed by atoms with van der Waals surface area (Å²) in [6, 6.07) is 12.1. The summed E-state index contributed by atoms with van der Waals surface area (Å²) < 4.78 is 28.3. The second-order valence-corrected chi connectivity index (χ2v) is 11.8. The summed E-state index contributed by atoms with van der Waals surface area (Å²) in [7, 11) is 0.157. The van der Waals surface area contributed by atoms with Gasteiger partial charge in [-0.15, -0.1) is 24.9 Å². The van der Waals surface area contributed by atoms with E-state index >= 15 is 0 Å². The Bertz CT molecular complexity index is 1290. The molecule has 3 aromatic rings. The van der Waals surface area contributed by atoms with E-state index < -0.39 is 10.0 Å². The molecule has 0 aliphatic heterocycles. The van der Waals surface area contributed by atoms with Crippen LogP contribution in [-0.4, -0.2) is 75.0 Å². The lowest BCUT2D eigenvalue weighted by Crippen LogP contribution is -2.36. The number of aromatic nitrogens is 1. The number of hydrogen-bond donors (Lipinski definition) is 0. The number of likely N-dealkylation sites (N-methyl/N-ethyl adjacent to an activating group) is 1. The first-order chi connectivity index (χ1) is 16.7. The minimum Gasteiger partial charge on any atom is -0.308 e. The molecule has 2 aromatic carbocycles. The monoisotopic (exact) mass is 530 g/mol. The molecule has 186 valence electrons. The van der Waals surface area contributed by atoms with Crippen LogP contribution in [-0.2, 0) is 10.0 Å². The van der Waals surface area contributed by atoms with E-state index in [9.17, 15) is 13.2 Å². The fraction of sp³-hybridized carbons (Fsp3) is 0.280. The van der Waals surface area contributed by atoms with Gasteiger partial charge < -0.3 is 4.90 Å². The number of sulfonamides is 1. The van der Waals surface area contributed by atoms with Gasteiger partial charge in [0, 0.05) is 36.6 Å². The largest absolute Gasteiger partial charge is 0.308 e. The normalized spacial score (nSPS) is 11.8. The van der Waals surface area contributed by atoms with E-state index in [2.05, 4.69) is 19.2 Å². The fourth-order valence-electron chi connectivity index (χ4n) is 3.35. The quantitative estimate of drug-likeness (QED) is 0.252. The summed E-state index contributed by atoms with van der Waals surface area (Å²) in [6.07, 6.45) is 5.08. The average molecular weight is 531 g/mol. The molecule has 1 aromatic heterocycles. The zero-order chi connectivity index (χ0) is 25.6. The Balaban J connectivity index is 1.93. The lowest BCUT2D eigenvalue weighted by molar-refractivity contribution is 0.0985. The molecule has 3 rings (SSSR count). The van der Waals surface area contributed by atoms with Crippen LogP contribution in [0.15, 0.2) is 77.6 Å². The van der Waals surface area contributed by atoms with Crippen molar-refractivity contribution in [2.75, 3.05) is 51.4 Å². The third-order valence-electron chi connectivity index (χ3n) is 5.24. The first kappa shape index (κ1) is 27.1. The Hall–Kier alpha value is -2.50. The van der Waals surface area contributed by atoms with Gasteiger partial charge in [-0.1, -0.05) is 23.5 Å². The molecule has 1 amide bonds. The Morgan fingerprint density at radius 1 is 1.06 bits per heavy atom. The molecule has 0 spiro atoms. The zero-order valence-corrected chi connectivity index (χ0v) is 22.6. The number of carbonyl (C=O) groups is 1. The van der Waals surface area contributed by atoms with E-state index in [1.165, 1.54) is 39.9 Å². The van der Waals surface area contributed by atoms with Gasteiger partial charge in [-0.25, -0.2) is 13.4 Å². The molecule has 7 nitrogen and oxygen atoms in total. The van der Waals surface area contributed by atoms with Crippen molar-refractivity contribution in [2.45, 2.75) is 9.79 Å². The molecule has 0 radical (unpaired) electrons. The summed E-state index contributed by atoms with van der Waals surface area (Å²) in [5.74, 6) is -0.228. The van der Waals surface area contributed by atoms with Crippen molar-refractivity contribution < 1.29 is 13.2 Å². The molecule has 0 saturated heterocycles. The fourth-order valence-corrected chi connectivity index (χ4v) is 6.28. The average Bonchev–Trinajstić information content (AvgIpc) is 3.26. The van der Waals surface area contributed by atoms with Gasteiger partial charge in [0.25, 0.3) is 5.91 Å². The number of rotatable bonds is 12. The van der Waals surface area contributed by atoms with E-state index in [-0.39, 0.29) is 23.9 Å². The minimum atomic E-state index is -3.74. The summed E-state index contributed by atoms with van der Waals surface area (Å²) >= 11 is 3.13. The van der Waals surface area contributed by atoms with Gasteiger partial charge >= 0.3 is 0 Å². The number of benzene rings is 2. The van der Waals surface area contributed by atoms with Crippen LogP contribution in [0.2, 0.25) is 0 Å². The molecule has 0 aliphatic rings. The van der Waals surface area contributed by atoms with Crippen LogP contribution < -0.4 is 4.90 Å². The van der Waals surface area contributed by atoms with Crippen LogP contribution in [0.1, 0.15) is 10.4 Å². The van der Waals surface area contributed by atoms with E-state index in [4.69, 9.17) is 4.98 Å². The van der Waals surface area contributed by atoms with Crippen molar-refractivity contribution in [2.24, 2.45) is 0 Å². The SMILES string of the molecule is C=CCN(CC=C)S(=O)(=O)c1ccc(C(=O)N(CCN(C)C)c2nc3ccc(SC)cc3s2)cc1. The van der Waals surface area contributed by atoms with Gasteiger partial charge in [-0.2, -0.15) is 4.31 Å². The number of nitrogens with zero attached hydrogens (tertiary/aromatic N) is 4. The first-order valence-electron chi connectivity index (χ1n) is 10.9. The van der Waals surface area contributed by atoms with Crippen molar-refractivity contribution in [3.8, 4) is 0 Å². The summed E-state index contributed by atoms with van der Waals surface area (Å²) in [4.78, 5) is 23.2. The molecule has 0 atom stereocenters. The molecule has 10 heteroatoms. The number of carbonyl (C=O) groups excluding carboxylic acids is 1. The third kappa shape index (κ3) is 6.39. The number of thioether (sulfide) groups is 1. The van der Waals surface area contributed by atoms with Gasteiger partial charge in [-0.3, -0.25) is 9.69 Å². The third-order valence-corrected chi connectivity index (χ3v) is 8.85. The van der Waals surface area contributed by atoms with Crippen LogP contribution in [0.5, 0.6) is 0 Å². The highest BCUT2D eigenvalue weighted by Crippen LogP contribution is 2.32. The molecule has 0 N–H and O–H groups in total. The van der Waals surface area contributed by atoms with Gasteiger partial charge in [0.05, 0.1) is 15.1 Å². The lowest BCUT2D eigenvalue weighted by Gasteiger charge is -2.22. The van der Waals surface area contributed by atoms with Crippen molar-refractivity contribution in [1.82, 2.24) is 14.2 Å². The van der Waals surface area contributed by atoms with Gasteiger partial charge in [0.2, 0.25) is 10.0 Å². The number of hydrogen-bond acceptors (Lipinski definition) is 7. The molecule has 0 bridgehead atoms. The van der Waals surface area contributed by atoms with Crippen molar-refractivity contribution >= 4 is 54.4 Å². The molecule has 1 heterocycles. The van der Waals surface area contributed by atoms with Gasteiger partial charge in [0.1, 0.15) is 0 Å². The molecule has 0 aliphatic carbocycles. The highest BCUT2D eigenvalue weighted by atomic mass is 32.2. The second kappa shape index (κ2) is 12.0. The Morgan fingerprint density at radius 2 is 1.71 bits per heavy atom. The summed E-state index contributed by atoms with van der Waals surface area (Å²) in [6.45, 7) is 8.71. The van der Waals surface area contributed by atoms with Gasteiger partial charge in [-0.05, 0) is 62.8 Å². The highest BCUT2D eigenvalue weighted by molar-refractivity contribution is 7.98. The van der Waals surface area contributed by atoms with Crippen LogP contribution >= 0.6 is 23.1 Å². The number of thiazole rings is 1. The maximum absolute atomic E-state index is 13.5. The van der Waals surface area contributed by atoms with Crippen molar-refractivity contribution in [1.29, 1.82) is 0 Å². The lowest BCUT2D eigenvalue weighted by atomic mass is 10.2. The van der Waals surface area contributed by atoms with E-state index in [0.29, 0.717) is 23.8 Å². The predicted molar refractivity (Wildman–Crippen MR) is 147 cm³/mol. The Morgan fingerprint density at radius 3 is 2.29 bits per heavy atom.